The molecule has 3 N–H and O–H groups in total. The molecule has 0 aliphatic rings. The van der Waals surface area contributed by atoms with Gasteiger partial charge in [-0.05, 0) is 38.0 Å². The number of hydrogen-bond donors (Lipinski definition) is 2. The summed E-state index contributed by atoms with van der Waals surface area (Å²) in [5, 5.41) is 9.59. The second kappa shape index (κ2) is 5.37. The molecule has 0 heterocycles. The third-order valence-corrected chi connectivity index (χ3v) is 2.71. The van der Waals surface area contributed by atoms with Gasteiger partial charge in [-0.3, -0.25) is 0 Å². The Labute approximate surface area is 98.4 Å². The van der Waals surface area contributed by atoms with Crippen molar-refractivity contribution >= 4 is 15.9 Å². The van der Waals surface area contributed by atoms with Crippen molar-refractivity contribution < 1.29 is 9.84 Å². The van der Waals surface area contributed by atoms with E-state index in [9.17, 15) is 5.11 Å². The largest absolute Gasteiger partial charge is 0.504 e. The number of aromatic hydroxyl groups is 1. The van der Waals surface area contributed by atoms with Crippen LogP contribution in [0, 0.1) is 0 Å². The van der Waals surface area contributed by atoms with Gasteiger partial charge in [0.15, 0.2) is 11.5 Å². The Bertz CT molecular complexity index is 340. The monoisotopic (exact) mass is 273 g/mol. The maximum atomic E-state index is 9.59. The smallest absolute Gasteiger partial charge is 0.161 e. The molecule has 1 unspecified atom stereocenters. The minimum atomic E-state index is 0.0836. The molecule has 84 valence electrons. The van der Waals surface area contributed by atoms with E-state index in [0.29, 0.717) is 12.4 Å². The van der Waals surface area contributed by atoms with Gasteiger partial charge in [0, 0.05) is 10.5 Å². The number of rotatable bonds is 4. The molecule has 1 atom stereocenters. The topological polar surface area (TPSA) is 55.5 Å². The summed E-state index contributed by atoms with van der Waals surface area (Å²) in [5.41, 5.74) is 6.78. The number of hydrogen-bond acceptors (Lipinski definition) is 3. The Kier molecular flexibility index (Phi) is 4.42. The Hall–Kier alpha value is -0.740. The quantitative estimate of drug-likeness (QED) is 0.886. The molecule has 0 aromatic heterocycles. The van der Waals surface area contributed by atoms with Crippen LogP contribution in [0.1, 0.15) is 19.4 Å². The van der Waals surface area contributed by atoms with Crippen LogP contribution in [0.15, 0.2) is 16.6 Å². The third-order valence-electron chi connectivity index (χ3n) is 1.97. The second-order valence-electron chi connectivity index (χ2n) is 3.53. The van der Waals surface area contributed by atoms with Crippen molar-refractivity contribution in [3.63, 3.8) is 0 Å². The zero-order valence-corrected chi connectivity index (χ0v) is 10.5. The van der Waals surface area contributed by atoms with Crippen LogP contribution in [0.25, 0.3) is 0 Å². The molecule has 1 rings (SSSR count). The molecule has 0 radical (unpaired) electrons. The number of ether oxygens (including phenoxy) is 1. The zero-order valence-electron chi connectivity index (χ0n) is 8.96. The van der Waals surface area contributed by atoms with Crippen molar-refractivity contribution in [1.82, 2.24) is 0 Å². The Morgan fingerprint density at radius 3 is 2.73 bits per heavy atom. The van der Waals surface area contributed by atoms with E-state index in [4.69, 9.17) is 10.5 Å². The summed E-state index contributed by atoms with van der Waals surface area (Å²) in [4.78, 5) is 0. The van der Waals surface area contributed by atoms with E-state index in [1.54, 1.807) is 6.07 Å². The van der Waals surface area contributed by atoms with E-state index in [1.807, 2.05) is 19.9 Å². The molecule has 0 saturated heterocycles. The van der Waals surface area contributed by atoms with Gasteiger partial charge in [0.05, 0.1) is 6.61 Å². The van der Waals surface area contributed by atoms with Crippen molar-refractivity contribution in [2.75, 3.05) is 6.61 Å². The Balaban J connectivity index is 3.00. The van der Waals surface area contributed by atoms with Crippen LogP contribution in [0.2, 0.25) is 0 Å². The van der Waals surface area contributed by atoms with Gasteiger partial charge in [0.25, 0.3) is 0 Å². The molecule has 0 bridgehead atoms. The first-order chi connectivity index (χ1) is 7.04. The van der Waals surface area contributed by atoms with Crippen LogP contribution in [0.3, 0.4) is 0 Å². The second-order valence-corrected chi connectivity index (χ2v) is 4.38. The molecule has 15 heavy (non-hydrogen) atoms. The summed E-state index contributed by atoms with van der Waals surface area (Å²) in [6.45, 7) is 4.36. The van der Waals surface area contributed by atoms with Crippen LogP contribution < -0.4 is 10.5 Å². The van der Waals surface area contributed by atoms with Crippen molar-refractivity contribution in [2.24, 2.45) is 5.73 Å². The lowest BCUT2D eigenvalue weighted by atomic mass is 10.1. The van der Waals surface area contributed by atoms with Crippen LogP contribution >= 0.6 is 15.9 Å². The summed E-state index contributed by atoms with van der Waals surface area (Å²) in [6.07, 6.45) is 0.751. The SMILES string of the molecule is CCOc1cc(CC(C)N)c(Br)cc1O. The maximum Gasteiger partial charge on any atom is 0.161 e. The molecule has 0 amide bonds. The van der Waals surface area contributed by atoms with E-state index in [2.05, 4.69) is 15.9 Å². The van der Waals surface area contributed by atoms with Crippen LogP contribution in [-0.2, 0) is 6.42 Å². The van der Waals surface area contributed by atoms with Crippen LogP contribution in [-0.4, -0.2) is 17.8 Å². The summed E-state index contributed by atoms with van der Waals surface area (Å²) in [6, 6.07) is 3.55. The predicted octanol–water partition coefficient (Wildman–Crippen LogP) is 2.44. The van der Waals surface area contributed by atoms with Crippen molar-refractivity contribution in [1.29, 1.82) is 0 Å². The Morgan fingerprint density at radius 2 is 2.20 bits per heavy atom. The molecule has 0 fully saturated rings. The highest BCUT2D eigenvalue weighted by Crippen LogP contribution is 2.33. The van der Waals surface area contributed by atoms with Crippen molar-refractivity contribution in [3.05, 3.63) is 22.2 Å². The van der Waals surface area contributed by atoms with Gasteiger partial charge in [-0.2, -0.15) is 0 Å². The van der Waals surface area contributed by atoms with Crippen LogP contribution in [0.4, 0.5) is 0 Å². The normalized spacial score (nSPS) is 12.5. The Morgan fingerprint density at radius 1 is 1.53 bits per heavy atom. The fraction of sp³-hybridized carbons (Fsp3) is 0.455. The molecule has 3 nitrogen and oxygen atoms in total. The van der Waals surface area contributed by atoms with Gasteiger partial charge in [-0.1, -0.05) is 15.9 Å². The molecule has 0 aliphatic carbocycles. The molecule has 0 saturated carbocycles. The molecule has 1 aromatic carbocycles. The highest BCUT2D eigenvalue weighted by atomic mass is 79.9. The molecule has 0 aliphatic heterocycles. The third kappa shape index (κ3) is 3.39. The van der Waals surface area contributed by atoms with Gasteiger partial charge >= 0.3 is 0 Å². The summed E-state index contributed by atoms with van der Waals surface area (Å²) >= 11 is 3.39. The van der Waals surface area contributed by atoms with E-state index in [1.165, 1.54) is 0 Å². The molecule has 4 heteroatoms. The van der Waals surface area contributed by atoms with E-state index < -0.39 is 0 Å². The number of halogens is 1. The fourth-order valence-electron chi connectivity index (χ4n) is 1.36. The summed E-state index contributed by atoms with van der Waals surface area (Å²) in [5.74, 6) is 0.661. The molecular weight excluding hydrogens is 258 g/mol. The maximum absolute atomic E-state index is 9.59. The average molecular weight is 274 g/mol. The molecule has 0 spiro atoms. The predicted molar refractivity (Wildman–Crippen MR) is 64.3 cm³/mol. The zero-order chi connectivity index (χ0) is 11.4. The minimum Gasteiger partial charge on any atom is -0.504 e. The lowest BCUT2D eigenvalue weighted by molar-refractivity contribution is 0.317. The summed E-state index contributed by atoms with van der Waals surface area (Å²) < 4.78 is 6.16. The number of phenolic OH excluding ortho intramolecular Hbond substituents is 1. The lowest BCUT2D eigenvalue weighted by Crippen LogP contribution is -2.18. The first-order valence-corrected chi connectivity index (χ1v) is 5.73. The average Bonchev–Trinajstić information content (AvgIpc) is 2.12. The van der Waals surface area contributed by atoms with Gasteiger partial charge in [0.2, 0.25) is 0 Å². The van der Waals surface area contributed by atoms with E-state index >= 15 is 0 Å². The number of nitrogens with two attached hydrogens (primary N) is 1. The van der Waals surface area contributed by atoms with Gasteiger partial charge in [-0.15, -0.1) is 0 Å². The van der Waals surface area contributed by atoms with E-state index in [0.717, 1.165) is 16.5 Å². The van der Waals surface area contributed by atoms with Gasteiger partial charge in [-0.25, -0.2) is 0 Å². The van der Waals surface area contributed by atoms with Crippen LogP contribution in [0.5, 0.6) is 11.5 Å². The summed E-state index contributed by atoms with van der Waals surface area (Å²) in [7, 11) is 0. The standard InChI is InChI=1S/C11H16BrNO2/c1-3-15-11-5-8(4-7(2)13)9(12)6-10(11)14/h5-7,14H,3-4,13H2,1-2H3. The highest BCUT2D eigenvalue weighted by Gasteiger charge is 2.09. The first kappa shape index (κ1) is 12.3. The fourth-order valence-corrected chi connectivity index (χ4v) is 1.85. The molecule has 1 aromatic rings. The molecular formula is C11H16BrNO2. The highest BCUT2D eigenvalue weighted by molar-refractivity contribution is 9.10. The first-order valence-electron chi connectivity index (χ1n) is 4.94. The van der Waals surface area contributed by atoms with Gasteiger partial charge < -0.3 is 15.6 Å². The number of phenols is 1. The lowest BCUT2D eigenvalue weighted by Gasteiger charge is -2.12. The minimum absolute atomic E-state index is 0.0836. The van der Waals surface area contributed by atoms with Crippen molar-refractivity contribution in [2.45, 2.75) is 26.3 Å². The van der Waals surface area contributed by atoms with E-state index in [-0.39, 0.29) is 11.8 Å². The van der Waals surface area contributed by atoms with Crippen molar-refractivity contribution in [3.8, 4) is 11.5 Å². The number of benzene rings is 1. The van der Waals surface area contributed by atoms with Gasteiger partial charge in [0.1, 0.15) is 0 Å².